The van der Waals surface area contributed by atoms with E-state index in [0.717, 1.165) is 21.0 Å². The van der Waals surface area contributed by atoms with Crippen molar-refractivity contribution in [2.75, 3.05) is 25.0 Å². The third-order valence-electron chi connectivity index (χ3n) is 7.01. The maximum Gasteiger partial charge on any atom is 0.264 e. The zero-order chi connectivity index (χ0) is 31.0. The van der Waals surface area contributed by atoms with Crippen LogP contribution in [-0.2, 0) is 32.6 Å². The van der Waals surface area contributed by atoms with E-state index in [9.17, 15) is 18.0 Å². The molecule has 4 aromatic rings. The van der Waals surface area contributed by atoms with E-state index >= 15 is 0 Å². The number of carbonyl (C=O) groups is 2. The van der Waals surface area contributed by atoms with Gasteiger partial charge in [0.15, 0.2) is 0 Å². The number of carbonyl (C=O) groups excluding carboxylic acids is 2. The van der Waals surface area contributed by atoms with Gasteiger partial charge in [0.05, 0.1) is 17.7 Å². The van der Waals surface area contributed by atoms with Crippen molar-refractivity contribution in [1.29, 1.82) is 0 Å². The van der Waals surface area contributed by atoms with Crippen LogP contribution in [0, 0.1) is 6.92 Å². The number of rotatable bonds is 12. The zero-order valence-corrected chi connectivity index (χ0v) is 25.8. The Morgan fingerprint density at radius 3 is 2.19 bits per heavy atom. The fourth-order valence-corrected chi connectivity index (χ4v) is 6.17. The number of benzene rings is 4. The summed E-state index contributed by atoms with van der Waals surface area (Å²) in [5.74, 6) is -0.502. The fraction of sp³-hybridized carbons (Fsp3) is 0.212. The number of halogens is 1. The second-order valence-corrected chi connectivity index (χ2v) is 12.3. The van der Waals surface area contributed by atoms with Crippen molar-refractivity contribution in [3.63, 3.8) is 0 Å². The average Bonchev–Trinajstić information content (AvgIpc) is 3.02. The Bertz CT molecular complexity index is 1650. The van der Waals surface area contributed by atoms with Crippen LogP contribution in [0.5, 0.6) is 5.75 Å². The Morgan fingerprint density at radius 1 is 0.884 bits per heavy atom. The van der Waals surface area contributed by atoms with Crippen LogP contribution in [0.15, 0.2) is 108 Å². The van der Waals surface area contributed by atoms with E-state index in [1.54, 1.807) is 60.7 Å². The van der Waals surface area contributed by atoms with Gasteiger partial charge in [-0.25, -0.2) is 8.42 Å². The summed E-state index contributed by atoms with van der Waals surface area (Å²) in [6, 6.07) is 28.3. The molecule has 0 fully saturated rings. The molecule has 0 aliphatic carbocycles. The molecule has 0 saturated carbocycles. The molecular formula is C33H34ClN3O5S. The summed E-state index contributed by atoms with van der Waals surface area (Å²) < 4.78 is 34.5. The van der Waals surface area contributed by atoms with E-state index in [4.69, 9.17) is 16.3 Å². The molecule has 0 aliphatic rings. The predicted octanol–water partition coefficient (Wildman–Crippen LogP) is 5.24. The summed E-state index contributed by atoms with van der Waals surface area (Å²) in [7, 11) is -1.21. The molecule has 1 unspecified atom stereocenters. The largest absolute Gasteiger partial charge is 0.497 e. The molecule has 0 bridgehead atoms. The van der Waals surface area contributed by atoms with Crippen LogP contribution < -0.4 is 14.4 Å². The number of amides is 2. The van der Waals surface area contributed by atoms with Crippen LogP contribution in [-0.4, -0.2) is 51.9 Å². The maximum absolute atomic E-state index is 14.3. The van der Waals surface area contributed by atoms with Gasteiger partial charge in [0, 0.05) is 31.1 Å². The SMILES string of the molecule is CNC(=O)C(Cc1ccccc1)N(Cc1ccc(Cl)cc1)C(=O)CN(c1cccc(OC)c1)S(=O)(=O)c1ccc(C)cc1. The first-order chi connectivity index (χ1) is 20.6. The topological polar surface area (TPSA) is 96.0 Å². The molecule has 1 N–H and O–H groups in total. The Hall–Kier alpha value is -4.34. The van der Waals surface area contributed by atoms with Gasteiger partial charge in [-0.2, -0.15) is 0 Å². The van der Waals surface area contributed by atoms with E-state index < -0.39 is 28.5 Å². The first-order valence-corrected chi connectivity index (χ1v) is 15.5. The summed E-state index contributed by atoms with van der Waals surface area (Å²) in [5, 5.41) is 3.20. The minimum Gasteiger partial charge on any atom is -0.497 e. The molecule has 0 heterocycles. The zero-order valence-electron chi connectivity index (χ0n) is 24.2. The molecule has 0 radical (unpaired) electrons. The summed E-state index contributed by atoms with van der Waals surface area (Å²) in [4.78, 5) is 29.1. The van der Waals surface area contributed by atoms with Crippen molar-refractivity contribution in [2.24, 2.45) is 0 Å². The Kier molecular flexibility index (Phi) is 10.4. The average molecular weight is 620 g/mol. The smallest absolute Gasteiger partial charge is 0.264 e. The van der Waals surface area contributed by atoms with Gasteiger partial charge in [0.25, 0.3) is 10.0 Å². The number of methoxy groups -OCH3 is 1. The highest BCUT2D eigenvalue weighted by Gasteiger charge is 2.34. The molecule has 43 heavy (non-hydrogen) atoms. The highest BCUT2D eigenvalue weighted by atomic mass is 35.5. The normalized spacial score (nSPS) is 11.8. The van der Waals surface area contributed by atoms with Crippen LogP contribution in [0.4, 0.5) is 5.69 Å². The van der Waals surface area contributed by atoms with E-state index in [-0.39, 0.29) is 29.5 Å². The van der Waals surface area contributed by atoms with Crippen molar-refractivity contribution in [3.05, 3.63) is 125 Å². The Balaban J connectivity index is 1.79. The number of nitrogens with one attached hydrogen (secondary N) is 1. The number of anilines is 1. The molecule has 0 aliphatic heterocycles. The van der Waals surface area contributed by atoms with Crippen molar-refractivity contribution < 1.29 is 22.7 Å². The van der Waals surface area contributed by atoms with Crippen molar-refractivity contribution in [3.8, 4) is 5.75 Å². The minimum atomic E-state index is -4.20. The number of sulfonamides is 1. The summed E-state index contributed by atoms with van der Waals surface area (Å²) in [5.41, 5.74) is 2.72. The van der Waals surface area contributed by atoms with Crippen molar-refractivity contribution in [1.82, 2.24) is 10.2 Å². The van der Waals surface area contributed by atoms with Crippen LogP contribution in [0.2, 0.25) is 5.02 Å². The van der Waals surface area contributed by atoms with Crippen LogP contribution >= 0.6 is 11.6 Å². The predicted molar refractivity (Wildman–Crippen MR) is 169 cm³/mol. The molecule has 0 saturated heterocycles. The van der Waals surface area contributed by atoms with E-state index in [1.807, 2.05) is 37.3 Å². The lowest BCUT2D eigenvalue weighted by atomic mass is 10.0. The number of aryl methyl sites for hydroxylation is 1. The molecule has 0 aromatic heterocycles. The van der Waals surface area contributed by atoms with Crippen LogP contribution in [0.1, 0.15) is 16.7 Å². The molecule has 0 spiro atoms. The number of hydrogen-bond donors (Lipinski definition) is 1. The molecule has 1 atom stereocenters. The van der Waals surface area contributed by atoms with E-state index in [2.05, 4.69) is 5.32 Å². The number of nitrogens with zero attached hydrogens (tertiary/aromatic N) is 2. The monoisotopic (exact) mass is 619 g/mol. The molecule has 10 heteroatoms. The Labute approximate surface area is 257 Å². The lowest BCUT2D eigenvalue weighted by Crippen LogP contribution is -2.53. The highest BCUT2D eigenvalue weighted by molar-refractivity contribution is 7.92. The van der Waals surface area contributed by atoms with E-state index in [1.165, 1.54) is 31.2 Å². The summed E-state index contributed by atoms with van der Waals surface area (Å²) >= 11 is 6.10. The summed E-state index contributed by atoms with van der Waals surface area (Å²) in [6.07, 6.45) is 0.226. The van der Waals surface area contributed by atoms with Crippen LogP contribution in [0.3, 0.4) is 0 Å². The first-order valence-electron chi connectivity index (χ1n) is 13.6. The molecule has 4 rings (SSSR count). The minimum absolute atomic E-state index is 0.0325. The Morgan fingerprint density at radius 2 is 1.56 bits per heavy atom. The van der Waals surface area contributed by atoms with E-state index in [0.29, 0.717) is 10.8 Å². The number of likely N-dealkylation sites (N-methyl/N-ethyl adjacent to an activating group) is 1. The van der Waals surface area contributed by atoms with Gasteiger partial charge in [0.1, 0.15) is 18.3 Å². The van der Waals surface area contributed by atoms with Gasteiger partial charge in [-0.3, -0.25) is 13.9 Å². The molecule has 2 amide bonds. The van der Waals surface area contributed by atoms with Gasteiger partial charge < -0.3 is 15.0 Å². The number of ether oxygens (including phenoxy) is 1. The van der Waals surface area contributed by atoms with Gasteiger partial charge in [0.2, 0.25) is 11.8 Å². The maximum atomic E-state index is 14.3. The summed E-state index contributed by atoms with van der Waals surface area (Å²) in [6.45, 7) is 1.36. The van der Waals surface area contributed by atoms with Crippen LogP contribution in [0.25, 0.3) is 0 Å². The second kappa shape index (κ2) is 14.2. The quantitative estimate of drug-likeness (QED) is 0.234. The standard InChI is InChI=1S/C33H34ClN3O5S/c1-24-12-18-30(19-13-24)43(40,41)37(28-10-7-11-29(21-28)42-3)23-32(38)36(22-26-14-16-27(34)17-15-26)31(33(39)35-2)20-25-8-5-4-6-9-25/h4-19,21,31H,20,22-23H2,1-3H3,(H,35,39). The lowest BCUT2D eigenvalue weighted by molar-refractivity contribution is -0.139. The molecule has 8 nitrogen and oxygen atoms in total. The van der Waals surface area contributed by atoms with Gasteiger partial charge in [-0.05, 0) is 54.4 Å². The molecule has 224 valence electrons. The first kappa shape index (κ1) is 31.6. The second-order valence-electron chi connectivity index (χ2n) is 9.99. The van der Waals surface area contributed by atoms with Gasteiger partial charge in [-0.15, -0.1) is 0 Å². The number of hydrogen-bond acceptors (Lipinski definition) is 5. The highest BCUT2D eigenvalue weighted by Crippen LogP contribution is 2.28. The van der Waals surface area contributed by atoms with Crippen molar-refractivity contribution in [2.45, 2.75) is 30.8 Å². The fourth-order valence-electron chi connectivity index (χ4n) is 4.64. The third kappa shape index (κ3) is 7.94. The van der Waals surface area contributed by atoms with Gasteiger partial charge >= 0.3 is 0 Å². The molecule has 4 aromatic carbocycles. The third-order valence-corrected chi connectivity index (χ3v) is 9.05. The molecular weight excluding hydrogens is 586 g/mol. The van der Waals surface area contributed by atoms with Crippen molar-refractivity contribution >= 4 is 39.1 Å². The van der Waals surface area contributed by atoms with Gasteiger partial charge in [-0.1, -0.05) is 77.8 Å². The lowest BCUT2D eigenvalue weighted by Gasteiger charge is -2.33.